The van der Waals surface area contributed by atoms with E-state index in [1.807, 2.05) is 0 Å². The maximum absolute atomic E-state index is 13.1. The van der Waals surface area contributed by atoms with Gasteiger partial charge in [0.25, 0.3) is 6.43 Å². The number of hydrogen-bond acceptors (Lipinski definition) is 1. The molecule has 0 amide bonds. The van der Waals surface area contributed by atoms with E-state index in [1.54, 1.807) is 0 Å². The van der Waals surface area contributed by atoms with Crippen molar-refractivity contribution in [3.63, 3.8) is 0 Å². The van der Waals surface area contributed by atoms with Crippen LogP contribution in [0.4, 0.5) is 8.78 Å². The van der Waals surface area contributed by atoms with Gasteiger partial charge in [-0.3, -0.25) is 0 Å². The number of nitrogens with two attached hydrogens (primary N) is 1. The molecule has 1 atom stereocenters. The van der Waals surface area contributed by atoms with Gasteiger partial charge in [-0.15, -0.1) is 0 Å². The van der Waals surface area contributed by atoms with Gasteiger partial charge in [0.05, 0.1) is 5.54 Å². The molecule has 2 saturated carbocycles. The summed E-state index contributed by atoms with van der Waals surface area (Å²) in [6.45, 7) is 0. The topological polar surface area (TPSA) is 26.0 Å². The van der Waals surface area contributed by atoms with E-state index in [9.17, 15) is 8.78 Å². The lowest BCUT2D eigenvalue weighted by Crippen LogP contribution is -2.61. The van der Waals surface area contributed by atoms with Gasteiger partial charge >= 0.3 is 0 Å². The van der Waals surface area contributed by atoms with Crippen molar-refractivity contribution in [1.29, 1.82) is 0 Å². The Morgan fingerprint density at radius 2 is 1.29 bits per heavy atom. The van der Waals surface area contributed by atoms with Crippen LogP contribution >= 0.6 is 0 Å². The van der Waals surface area contributed by atoms with E-state index in [4.69, 9.17) is 5.73 Å². The Hall–Kier alpha value is -0.180. The normalized spacial score (nSPS) is 36.9. The van der Waals surface area contributed by atoms with Crippen molar-refractivity contribution in [2.45, 2.75) is 63.3 Å². The average molecular weight is 203 g/mol. The van der Waals surface area contributed by atoms with Crippen LogP contribution in [0.1, 0.15) is 51.4 Å². The smallest absolute Gasteiger partial charge is 0.256 e. The van der Waals surface area contributed by atoms with Gasteiger partial charge in [0.15, 0.2) is 0 Å². The summed E-state index contributed by atoms with van der Waals surface area (Å²) in [6.07, 6.45) is 5.09. The second-order valence-corrected chi connectivity index (χ2v) is 5.04. The monoisotopic (exact) mass is 203 g/mol. The molecular formula is C11H19F2N. The number of hydrogen-bond donors (Lipinski definition) is 1. The van der Waals surface area contributed by atoms with Crippen LogP contribution in [-0.2, 0) is 0 Å². The summed E-state index contributed by atoms with van der Waals surface area (Å²) in [7, 11) is 0. The van der Waals surface area contributed by atoms with E-state index in [1.165, 1.54) is 0 Å². The Morgan fingerprint density at radius 1 is 0.857 bits per heavy atom. The molecule has 0 aromatic carbocycles. The van der Waals surface area contributed by atoms with Crippen LogP contribution < -0.4 is 5.73 Å². The Kier molecular flexibility index (Phi) is 2.54. The Bertz CT molecular complexity index is 205. The van der Waals surface area contributed by atoms with Gasteiger partial charge in [0.1, 0.15) is 0 Å². The molecule has 2 rings (SSSR count). The molecule has 0 aliphatic heterocycles. The third kappa shape index (κ3) is 1.28. The number of halogens is 2. The summed E-state index contributed by atoms with van der Waals surface area (Å²) in [5.74, 6) is 0. The Labute approximate surface area is 84.0 Å². The quantitative estimate of drug-likeness (QED) is 0.696. The lowest BCUT2D eigenvalue weighted by molar-refractivity contribution is -0.0582. The van der Waals surface area contributed by atoms with E-state index < -0.39 is 12.0 Å². The van der Waals surface area contributed by atoms with Crippen LogP contribution in [0.15, 0.2) is 0 Å². The second kappa shape index (κ2) is 3.44. The molecule has 2 aliphatic carbocycles. The van der Waals surface area contributed by atoms with Gasteiger partial charge in [-0.05, 0) is 31.1 Å². The van der Waals surface area contributed by atoms with Crippen molar-refractivity contribution < 1.29 is 8.78 Å². The minimum Gasteiger partial charge on any atom is -0.320 e. The van der Waals surface area contributed by atoms with Crippen LogP contribution in [0.3, 0.4) is 0 Å². The average Bonchev–Trinajstić information content (AvgIpc) is 2.60. The van der Waals surface area contributed by atoms with E-state index in [2.05, 4.69) is 0 Å². The molecule has 0 saturated heterocycles. The maximum Gasteiger partial charge on any atom is 0.256 e. The first-order valence-electron chi connectivity index (χ1n) is 5.68. The van der Waals surface area contributed by atoms with Gasteiger partial charge in [0, 0.05) is 0 Å². The van der Waals surface area contributed by atoms with E-state index in [0.29, 0.717) is 6.42 Å². The molecule has 0 aromatic rings. The molecule has 1 nitrogen and oxygen atoms in total. The van der Waals surface area contributed by atoms with E-state index in [0.717, 1.165) is 44.9 Å². The Balaban J connectivity index is 2.26. The molecule has 0 bridgehead atoms. The van der Waals surface area contributed by atoms with Crippen LogP contribution in [0.2, 0.25) is 0 Å². The van der Waals surface area contributed by atoms with Gasteiger partial charge < -0.3 is 5.73 Å². The minimum atomic E-state index is -2.35. The predicted molar refractivity (Wildman–Crippen MR) is 52.3 cm³/mol. The predicted octanol–water partition coefficient (Wildman–Crippen LogP) is 3.08. The van der Waals surface area contributed by atoms with Gasteiger partial charge in [0.2, 0.25) is 0 Å². The molecule has 14 heavy (non-hydrogen) atoms. The van der Waals surface area contributed by atoms with Crippen LogP contribution in [0.5, 0.6) is 0 Å². The fourth-order valence-corrected chi connectivity index (χ4v) is 3.49. The summed E-state index contributed by atoms with van der Waals surface area (Å²) in [4.78, 5) is 0. The molecule has 3 heteroatoms. The number of alkyl halides is 2. The first kappa shape index (κ1) is 10.3. The van der Waals surface area contributed by atoms with Crippen LogP contribution in [0, 0.1) is 5.41 Å². The second-order valence-electron chi connectivity index (χ2n) is 5.04. The van der Waals surface area contributed by atoms with Gasteiger partial charge in [-0.2, -0.15) is 0 Å². The first-order chi connectivity index (χ1) is 6.61. The van der Waals surface area contributed by atoms with Crippen molar-refractivity contribution in [3.8, 4) is 0 Å². The molecule has 0 heterocycles. The van der Waals surface area contributed by atoms with E-state index in [-0.39, 0.29) is 5.41 Å². The zero-order valence-corrected chi connectivity index (χ0v) is 8.57. The van der Waals surface area contributed by atoms with Gasteiger partial charge in [-0.1, -0.05) is 25.7 Å². The molecule has 0 aromatic heterocycles. The maximum atomic E-state index is 13.1. The molecule has 1 spiro atoms. The third-order valence-electron chi connectivity index (χ3n) is 4.43. The van der Waals surface area contributed by atoms with Crippen molar-refractivity contribution in [1.82, 2.24) is 0 Å². The molecule has 82 valence electrons. The zero-order chi connectivity index (χ0) is 10.2. The van der Waals surface area contributed by atoms with Crippen molar-refractivity contribution >= 4 is 0 Å². The molecule has 2 aliphatic rings. The number of rotatable bonds is 1. The van der Waals surface area contributed by atoms with Crippen molar-refractivity contribution in [2.24, 2.45) is 11.1 Å². The fraction of sp³-hybridized carbons (Fsp3) is 1.00. The SMILES string of the molecule is NC1(C(F)F)CCCCC12CCCC2. The van der Waals surface area contributed by atoms with E-state index >= 15 is 0 Å². The summed E-state index contributed by atoms with van der Waals surface area (Å²) in [6, 6.07) is 0. The first-order valence-corrected chi connectivity index (χ1v) is 5.68. The zero-order valence-electron chi connectivity index (χ0n) is 8.57. The summed E-state index contributed by atoms with van der Waals surface area (Å²) >= 11 is 0. The Morgan fingerprint density at radius 3 is 1.71 bits per heavy atom. The lowest BCUT2D eigenvalue weighted by atomic mass is 9.60. The highest BCUT2D eigenvalue weighted by atomic mass is 19.3. The molecule has 0 radical (unpaired) electrons. The highest BCUT2D eigenvalue weighted by Gasteiger charge is 2.56. The molecule has 2 fully saturated rings. The molecule has 1 unspecified atom stereocenters. The summed E-state index contributed by atoms with van der Waals surface area (Å²) in [5.41, 5.74) is 4.59. The highest BCUT2D eigenvalue weighted by molar-refractivity contribution is 5.08. The lowest BCUT2D eigenvalue weighted by Gasteiger charge is -2.49. The van der Waals surface area contributed by atoms with Crippen LogP contribution in [-0.4, -0.2) is 12.0 Å². The fourth-order valence-electron chi connectivity index (χ4n) is 3.49. The van der Waals surface area contributed by atoms with Crippen LogP contribution in [0.25, 0.3) is 0 Å². The third-order valence-corrected chi connectivity index (χ3v) is 4.43. The standard InChI is InChI=1S/C11H19F2N/c12-9(13)11(14)8-4-3-7-10(11)5-1-2-6-10/h9H,1-8,14H2. The summed E-state index contributed by atoms with van der Waals surface area (Å²) < 4.78 is 26.2. The summed E-state index contributed by atoms with van der Waals surface area (Å²) in [5, 5.41) is 0. The van der Waals surface area contributed by atoms with Crippen molar-refractivity contribution in [2.75, 3.05) is 0 Å². The largest absolute Gasteiger partial charge is 0.320 e. The minimum absolute atomic E-state index is 0.223. The van der Waals surface area contributed by atoms with Gasteiger partial charge in [-0.25, -0.2) is 8.78 Å². The highest BCUT2D eigenvalue weighted by Crippen LogP contribution is 2.55. The molecule has 2 N–H and O–H groups in total. The van der Waals surface area contributed by atoms with Crippen molar-refractivity contribution in [3.05, 3.63) is 0 Å². The molecular weight excluding hydrogens is 184 g/mol.